The second-order valence-electron chi connectivity index (χ2n) is 12.5. The number of nitrogens with zero attached hydrogens (tertiary/aromatic N) is 1. The zero-order valence-electron chi connectivity index (χ0n) is 27.1. The van der Waals surface area contributed by atoms with Crippen molar-refractivity contribution in [2.45, 2.75) is 39.0 Å². The molecule has 1 aliphatic rings. The van der Waals surface area contributed by atoms with Crippen molar-refractivity contribution in [1.82, 2.24) is 0 Å². The second-order valence-corrected chi connectivity index (χ2v) is 12.5. The Bertz CT molecular complexity index is 1930. The molecule has 0 radical (unpaired) electrons. The van der Waals surface area contributed by atoms with Gasteiger partial charge in [0, 0.05) is 16.7 Å². The van der Waals surface area contributed by atoms with Crippen molar-refractivity contribution in [2.24, 2.45) is 4.99 Å². The number of rotatable bonds is 9. The van der Waals surface area contributed by atoms with Gasteiger partial charge in [-0.3, -0.25) is 4.99 Å². The molecule has 1 nitrogen and oxygen atoms in total. The van der Waals surface area contributed by atoms with E-state index < -0.39 is 0 Å². The first-order valence-electron chi connectivity index (χ1n) is 16.1. The molecular weight excluding hydrogens is 555 g/mol. The molecule has 5 aromatic rings. The molecule has 0 fully saturated rings. The molecule has 0 bridgehead atoms. The molecule has 0 heterocycles. The highest BCUT2D eigenvalue weighted by molar-refractivity contribution is 6.04. The zero-order valence-corrected chi connectivity index (χ0v) is 27.1. The molecule has 1 heteroatoms. The molecule has 0 amide bonds. The van der Waals surface area contributed by atoms with Crippen LogP contribution in [0.4, 0.5) is 0 Å². The average Bonchev–Trinajstić information content (AvgIpc) is 3.12. The maximum absolute atomic E-state index is 5.15. The quantitative estimate of drug-likeness (QED) is 0.119. The van der Waals surface area contributed by atoms with Gasteiger partial charge in [0.25, 0.3) is 0 Å². The summed E-state index contributed by atoms with van der Waals surface area (Å²) >= 11 is 0. The summed E-state index contributed by atoms with van der Waals surface area (Å²) in [5, 5.41) is 0. The Balaban J connectivity index is 1.27. The minimum Gasteiger partial charge on any atom is -0.253 e. The second kappa shape index (κ2) is 13.8. The van der Waals surface area contributed by atoms with Crippen molar-refractivity contribution < 1.29 is 0 Å². The van der Waals surface area contributed by atoms with Gasteiger partial charge in [-0.25, -0.2) is 0 Å². The number of benzene rings is 5. The topological polar surface area (TPSA) is 12.4 Å². The summed E-state index contributed by atoms with van der Waals surface area (Å²) in [7, 11) is 0. The third-order valence-electron chi connectivity index (χ3n) is 8.97. The number of hydrogen-bond donors (Lipinski definition) is 0. The largest absolute Gasteiger partial charge is 0.253 e. The first-order chi connectivity index (χ1) is 22.4. The lowest BCUT2D eigenvalue weighted by molar-refractivity contribution is 0.641. The van der Waals surface area contributed by atoms with Crippen molar-refractivity contribution in [3.63, 3.8) is 0 Å². The van der Waals surface area contributed by atoms with Crippen LogP contribution in [0, 0.1) is 0 Å². The maximum Gasteiger partial charge on any atom is 0.0711 e. The summed E-state index contributed by atoms with van der Waals surface area (Å²) < 4.78 is 0. The van der Waals surface area contributed by atoms with E-state index in [-0.39, 0.29) is 5.41 Å². The Labute approximate surface area is 274 Å². The number of aliphatic imine (C=N–C) groups is 1. The van der Waals surface area contributed by atoms with Gasteiger partial charge < -0.3 is 0 Å². The molecule has 0 atom stereocenters. The minimum atomic E-state index is -0.169. The van der Waals surface area contributed by atoms with Crippen molar-refractivity contribution in [3.8, 4) is 22.3 Å². The van der Waals surface area contributed by atoms with Crippen LogP contribution in [0.2, 0.25) is 0 Å². The molecule has 226 valence electrons. The molecule has 0 aliphatic heterocycles. The van der Waals surface area contributed by atoms with E-state index in [9.17, 15) is 0 Å². The van der Waals surface area contributed by atoms with E-state index >= 15 is 0 Å². The Morgan fingerprint density at radius 1 is 0.630 bits per heavy atom. The van der Waals surface area contributed by atoms with Gasteiger partial charge in [-0.1, -0.05) is 166 Å². The van der Waals surface area contributed by atoms with Gasteiger partial charge in [0.2, 0.25) is 0 Å². The predicted molar refractivity (Wildman–Crippen MR) is 199 cm³/mol. The molecule has 0 spiro atoms. The first kappa shape index (κ1) is 30.7. The van der Waals surface area contributed by atoms with Crippen LogP contribution in [0.5, 0.6) is 0 Å². The molecule has 6 rings (SSSR count). The van der Waals surface area contributed by atoms with Gasteiger partial charge in [0.15, 0.2) is 0 Å². The summed E-state index contributed by atoms with van der Waals surface area (Å²) in [5.74, 6) is 0. The molecular formula is C45H41N. The van der Waals surface area contributed by atoms with Crippen molar-refractivity contribution in [2.75, 3.05) is 0 Å². The normalized spacial score (nSPS) is 13.8. The maximum atomic E-state index is 5.15. The van der Waals surface area contributed by atoms with Crippen LogP contribution in [0.1, 0.15) is 55.9 Å². The Morgan fingerprint density at radius 2 is 1.20 bits per heavy atom. The molecule has 0 saturated heterocycles. The van der Waals surface area contributed by atoms with Crippen LogP contribution in [0.25, 0.3) is 33.5 Å². The molecule has 0 N–H and O–H groups in total. The molecule has 1 aliphatic carbocycles. The number of allylic oxidation sites excluding steroid dienone is 6. The molecule has 0 saturated carbocycles. The van der Waals surface area contributed by atoms with Crippen LogP contribution in [0.15, 0.2) is 175 Å². The van der Waals surface area contributed by atoms with Crippen LogP contribution in [0.3, 0.4) is 0 Å². The Kier molecular flexibility index (Phi) is 9.22. The third kappa shape index (κ3) is 7.00. The lowest BCUT2D eigenvalue weighted by Gasteiger charge is -2.26. The first-order valence-corrected chi connectivity index (χ1v) is 16.1. The van der Waals surface area contributed by atoms with E-state index in [1.165, 1.54) is 39.0 Å². The van der Waals surface area contributed by atoms with Gasteiger partial charge in [-0.05, 0) is 82.0 Å². The Hall–Kier alpha value is -5.27. The van der Waals surface area contributed by atoms with Crippen molar-refractivity contribution >= 4 is 17.0 Å². The molecule has 46 heavy (non-hydrogen) atoms. The fourth-order valence-corrected chi connectivity index (χ4v) is 6.02. The summed E-state index contributed by atoms with van der Waals surface area (Å²) in [6.07, 6.45) is 10.9. The standard InChI is InChI=1S/C45H41N/c1-33(35-15-8-5-9-16-35)31-44(46-34(2)36-17-10-6-11-18-36)39-25-29-43(30-26-39)45(3,4)42-27-23-38(24-28-42)41-22-14-21-40(32-41)37-19-12-7-13-20-37/h5,7-10,12-32H,1,6,11H2,2-4H3/b44-31-,46-34+. The van der Waals surface area contributed by atoms with Gasteiger partial charge in [-0.2, -0.15) is 0 Å². The summed E-state index contributed by atoms with van der Waals surface area (Å²) in [6.45, 7) is 11.1. The SMILES string of the molecule is C=C(/C=C(\N=C(/C)C1=CCCC=C1)c1ccc(C(C)(C)c2ccc(-c3cccc(-c4ccccc4)c3)cc2)cc1)c1ccccc1. The van der Waals surface area contributed by atoms with E-state index in [1.54, 1.807) is 0 Å². The third-order valence-corrected chi connectivity index (χ3v) is 8.97. The minimum absolute atomic E-state index is 0.169. The zero-order chi connectivity index (χ0) is 31.9. The fourth-order valence-electron chi connectivity index (χ4n) is 6.02. The van der Waals surface area contributed by atoms with Crippen molar-refractivity contribution in [3.05, 3.63) is 192 Å². The summed E-state index contributed by atoms with van der Waals surface area (Å²) in [5.41, 5.74) is 13.5. The number of hydrogen-bond acceptors (Lipinski definition) is 1. The van der Waals surface area contributed by atoms with E-state index in [4.69, 9.17) is 4.99 Å². The van der Waals surface area contributed by atoms with Crippen LogP contribution in [-0.2, 0) is 5.41 Å². The van der Waals surface area contributed by atoms with Crippen LogP contribution in [-0.4, -0.2) is 5.71 Å². The fraction of sp³-hybridized carbons (Fsp3) is 0.133. The Morgan fingerprint density at radius 3 is 1.80 bits per heavy atom. The van der Waals surface area contributed by atoms with E-state index in [1.807, 2.05) is 18.2 Å². The molecule has 0 unspecified atom stereocenters. The van der Waals surface area contributed by atoms with Crippen LogP contribution >= 0.6 is 0 Å². The highest BCUT2D eigenvalue weighted by Crippen LogP contribution is 2.35. The lowest BCUT2D eigenvalue weighted by atomic mass is 9.77. The highest BCUT2D eigenvalue weighted by atomic mass is 14.8. The summed E-state index contributed by atoms with van der Waals surface area (Å²) in [4.78, 5) is 5.15. The smallest absolute Gasteiger partial charge is 0.0711 e. The van der Waals surface area contributed by atoms with Gasteiger partial charge in [0.05, 0.1) is 5.70 Å². The highest BCUT2D eigenvalue weighted by Gasteiger charge is 2.23. The lowest BCUT2D eigenvalue weighted by Crippen LogP contribution is -2.18. The van der Waals surface area contributed by atoms with Gasteiger partial charge >= 0.3 is 0 Å². The van der Waals surface area contributed by atoms with Crippen molar-refractivity contribution in [1.29, 1.82) is 0 Å². The summed E-state index contributed by atoms with van der Waals surface area (Å²) in [6, 6.07) is 47.6. The van der Waals surface area contributed by atoms with E-state index in [2.05, 4.69) is 167 Å². The van der Waals surface area contributed by atoms with E-state index in [0.29, 0.717) is 0 Å². The van der Waals surface area contributed by atoms with Gasteiger partial charge in [0.1, 0.15) is 0 Å². The van der Waals surface area contributed by atoms with Gasteiger partial charge in [-0.15, -0.1) is 0 Å². The predicted octanol–water partition coefficient (Wildman–Crippen LogP) is 12.1. The van der Waals surface area contributed by atoms with E-state index in [0.717, 1.165) is 41.0 Å². The molecule has 0 aromatic heterocycles. The van der Waals surface area contributed by atoms with Crippen LogP contribution < -0.4 is 0 Å². The molecule has 5 aromatic carbocycles. The monoisotopic (exact) mass is 595 g/mol. The average molecular weight is 596 g/mol.